The molecule has 0 atom stereocenters. The smallest absolute Gasteiger partial charge is 0.272 e. The molecule has 0 fully saturated rings. The molecule has 0 saturated carbocycles. The normalized spacial score (nSPS) is 11.2. The first-order valence-corrected chi connectivity index (χ1v) is 15.4. The third-order valence-corrected chi connectivity index (χ3v) is 7.38. The van der Waals surface area contributed by atoms with Gasteiger partial charge in [-0.05, 0) is 47.5 Å². The van der Waals surface area contributed by atoms with Crippen molar-refractivity contribution in [1.82, 2.24) is 19.4 Å². The molecule has 0 aliphatic rings. The van der Waals surface area contributed by atoms with Crippen LogP contribution in [-0.4, -0.2) is 76.5 Å². The number of ether oxygens (including phenoxy) is 2. The van der Waals surface area contributed by atoms with Crippen molar-refractivity contribution in [3.05, 3.63) is 113 Å². The van der Waals surface area contributed by atoms with Gasteiger partial charge >= 0.3 is 0 Å². The Morgan fingerprint density at radius 2 is 1.38 bits per heavy atom. The maximum atomic E-state index is 13.1. The average Bonchev–Trinajstić information content (AvgIpc) is 3.65. The molecule has 0 bridgehead atoms. The van der Waals surface area contributed by atoms with Gasteiger partial charge < -0.3 is 39.7 Å². The van der Waals surface area contributed by atoms with Crippen molar-refractivity contribution in [2.75, 3.05) is 50.2 Å². The second-order valence-corrected chi connectivity index (χ2v) is 11.0. The summed E-state index contributed by atoms with van der Waals surface area (Å²) in [4.78, 5) is 43.2. The third kappa shape index (κ3) is 9.04. The van der Waals surface area contributed by atoms with Crippen LogP contribution >= 0.6 is 0 Å². The summed E-state index contributed by atoms with van der Waals surface area (Å²) in [6.45, 7) is 1.55. The molecule has 0 saturated heterocycles. The molecule has 3 aromatic heterocycles. The highest BCUT2D eigenvalue weighted by Gasteiger charge is 2.17. The van der Waals surface area contributed by atoms with Gasteiger partial charge in [-0.1, -0.05) is 42.5 Å². The van der Waals surface area contributed by atoms with E-state index < -0.39 is 5.91 Å². The first-order valence-electron chi connectivity index (χ1n) is 15.4. The number of para-hydroxylation sites is 1. The van der Waals surface area contributed by atoms with Crippen LogP contribution in [0.1, 0.15) is 42.5 Å². The number of nitrogens with zero attached hydrogens (tertiary/aromatic N) is 3. The molecule has 12 nitrogen and oxygen atoms in total. The number of amides is 3. The van der Waals surface area contributed by atoms with Gasteiger partial charge in [0.1, 0.15) is 11.4 Å². The van der Waals surface area contributed by atoms with E-state index in [9.17, 15) is 14.4 Å². The lowest BCUT2D eigenvalue weighted by molar-refractivity contribution is 0.0338. The molecule has 248 valence electrons. The fraction of sp³-hybridized carbons (Fsp3) is 0.222. The minimum absolute atomic E-state index is 0.0401. The number of hydrogen-bond acceptors (Lipinski definition) is 7. The summed E-state index contributed by atoms with van der Waals surface area (Å²) in [6.07, 6.45) is 9.08. The predicted octanol–water partition coefficient (Wildman–Crippen LogP) is 4.34. The van der Waals surface area contributed by atoms with Gasteiger partial charge in [0, 0.05) is 50.2 Å². The van der Waals surface area contributed by atoms with Crippen molar-refractivity contribution in [3.8, 4) is 0 Å². The summed E-state index contributed by atoms with van der Waals surface area (Å²) in [6, 6.07) is 20.4. The standard InChI is InChI=1S/C36H38N6O6/c1-41-24-30(20-32(41)35(45)37-13-15-47-17-18-48-16-14-43)40-36(46)33-21-29(23-42(33)2)39-34(44)27-11-9-25(10-12-27)7-8-26-19-28-5-3-4-6-31(28)38-22-26/h3-12,19-24,43H,13-18H2,1-2H3,(H,37,45)(H,39,44)(H,40,46)/b8-7+. The number of carbonyl (C=O) groups excluding carboxylic acids is 3. The Labute approximate surface area is 278 Å². The number of pyridine rings is 1. The van der Waals surface area contributed by atoms with Gasteiger partial charge in [-0.25, -0.2) is 0 Å². The Kier molecular flexibility index (Phi) is 11.5. The highest BCUT2D eigenvalue weighted by molar-refractivity contribution is 6.07. The Balaban J connectivity index is 1.12. The summed E-state index contributed by atoms with van der Waals surface area (Å²) >= 11 is 0. The molecule has 0 unspecified atom stereocenters. The lowest BCUT2D eigenvalue weighted by Gasteiger charge is -2.07. The highest BCUT2D eigenvalue weighted by Crippen LogP contribution is 2.19. The molecular formula is C36H38N6O6. The first-order chi connectivity index (χ1) is 23.3. The number of hydrogen-bond donors (Lipinski definition) is 4. The molecule has 3 heterocycles. The van der Waals surface area contributed by atoms with Crippen LogP contribution in [0.2, 0.25) is 0 Å². The van der Waals surface area contributed by atoms with Gasteiger partial charge in [-0.15, -0.1) is 0 Å². The van der Waals surface area contributed by atoms with E-state index in [2.05, 4.69) is 27.0 Å². The molecule has 0 spiro atoms. The van der Waals surface area contributed by atoms with E-state index in [-0.39, 0.29) is 25.0 Å². The van der Waals surface area contributed by atoms with Crippen LogP contribution in [0, 0.1) is 0 Å². The van der Waals surface area contributed by atoms with Crippen molar-refractivity contribution >= 4 is 52.2 Å². The quantitative estimate of drug-likeness (QED) is 0.123. The lowest BCUT2D eigenvalue weighted by Crippen LogP contribution is -2.29. The summed E-state index contributed by atoms with van der Waals surface area (Å²) in [5, 5.41) is 18.2. The molecule has 5 aromatic rings. The van der Waals surface area contributed by atoms with E-state index in [1.807, 2.05) is 54.7 Å². The average molecular weight is 651 g/mol. The first kappa shape index (κ1) is 33.8. The largest absolute Gasteiger partial charge is 0.394 e. The highest BCUT2D eigenvalue weighted by atomic mass is 16.5. The zero-order valence-electron chi connectivity index (χ0n) is 26.8. The van der Waals surface area contributed by atoms with Gasteiger partial charge in [-0.3, -0.25) is 19.4 Å². The van der Waals surface area contributed by atoms with Crippen molar-refractivity contribution in [2.45, 2.75) is 0 Å². The second-order valence-electron chi connectivity index (χ2n) is 11.0. The van der Waals surface area contributed by atoms with Gasteiger partial charge in [0.2, 0.25) is 0 Å². The molecule has 2 aromatic carbocycles. The van der Waals surface area contributed by atoms with Crippen LogP contribution in [0.4, 0.5) is 11.4 Å². The number of rotatable bonds is 15. The van der Waals surface area contributed by atoms with Crippen molar-refractivity contribution in [2.24, 2.45) is 14.1 Å². The Morgan fingerprint density at radius 3 is 2.08 bits per heavy atom. The minimum Gasteiger partial charge on any atom is -0.394 e. The number of anilines is 2. The molecular weight excluding hydrogens is 612 g/mol. The number of aliphatic hydroxyl groups excluding tert-OH is 1. The maximum absolute atomic E-state index is 13.1. The molecule has 12 heteroatoms. The van der Waals surface area contributed by atoms with Crippen LogP contribution in [0.15, 0.2) is 85.3 Å². The molecule has 0 radical (unpaired) electrons. The zero-order chi connectivity index (χ0) is 33.9. The van der Waals surface area contributed by atoms with Gasteiger partial charge in [0.05, 0.1) is 49.9 Å². The lowest BCUT2D eigenvalue weighted by atomic mass is 10.1. The number of benzene rings is 2. The fourth-order valence-electron chi connectivity index (χ4n) is 4.95. The number of aryl methyl sites for hydroxylation is 2. The molecule has 4 N–H and O–H groups in total. The second kappa shape index (κ2) is 16.3. The number of fused-ring (bicyclic) bond motifs is 1. The third-order valence-electron chi connectivity index (χ3n) is 7.38. The van der Waals surface area contributed by atoms with Crippen LogP contribution < -0.4 is 16.0 Å². The zero-order valence-corrected chi connectivity index (χ0v) is 26.8. The van der Waals surface area contributed by atoms with E-state index >= 15 is 0 Å². The Hall–Kier alpha value is -5.56. The topological polar surface area (TPSA) is 149 Å². The maximum Gasteiger partial charge on any atom is 0.272 e. The Morgan fingerprint density at radius 1 is 0.750 bits per heavy atom. The molecule has 5 rings (SSSR count). The van der Waals surface area contributed by atoms with Crippen molar-refractivity contribution < 1.29 is 29.0 Å². The fourth-order valence-corrected chi connectivity index (χ4v) is 4.95. The monoisotopic (exact) mass is 650 g/mol. The van der Waals surface area contributed by atoms with Gasteiger partial charge in [-0.2, -0.15) is 0 Å². The number of aliphatic hydroxyl groups is 1. The Bertz CT molecular complexity index is 1910. The van der Waals surface area contributed by atoms with Crippen molar-refractivity contribution in [1.29, 1.82) is 0 Å². The van der Waals surface area contributed by atoms with E-state index in [4.69, 9.17) is 14.6 Å². The van der Waals surface area contributed by atoms with Crippen LogP contribution in [0.3, 0.4) is 0 Å². The van der Waals surface area contributed by atoms with Crippen LogP contribution in [-0.2, 0) is 23.6 Å². The SMILES string of the molecule is Cn1cc(NC(=O)c2cc(NC(=O)c3ccc(/C=C/c4cnc5ccccc5c4)cc3)cn2C)cc1C(=O)NCCOCCOCCO. The minimum atomic E-state index is -0.398. The van der Waals surface area contributed by atoms with E-state index in [1.165, 1.54) is 0 Å². The summed E-state index contributed by atoms with van der Waals surface area (Å²) < 4.78 is 13.7. The molecule has 3 amide bonds. The van der Waals surface area contributed by atoms with Crippen LogP contribution in [0.25, 0.3) is 23.1 Å². The van der Waals surface area contributed by atoms with E-state index in [0.717, 1.165) is 22.0 Å². The summed E-state index contributed by atoms with van der Waals surface area (Å²) in [7, 11) is 3.42. The van der Waals surface area contributed by atoms with E-state index in [0.29, 0.717) is 54.7 Å². The number of aromatic nitrogens is 3. The van der Waals surface area contributed by atoms with Gasteiger partial charge in [0.15, 0.2) is 0 Å². The molecule has 0 aliphatic heterocycles. The number of carbonyl (C=O) groups is 3. The van der Waals surface area contributed by atoms with Crippen molar-refractivity contribution in [3.63, 3.8) is 0 Å². The number of nitrogens with one attached hydrogen (secondary N) is 3. The van der Waals surface area contributed by atoms with E-state index in [1.54, 1.807) is 59.9 Å². The van der Waals surface area contributed by atoms with Gasteiger partial charge in [0.25, 0.3) is 17.7 Å². The molecule has 48 heavy (non-hydrogen) atoms. The summed E-state index contributed by atoms with van der Waals surface area (Å²) in [5.41, 5.74) is 4.94. The predicted molar refractivity (Wildman–Crippen MR) is 185 cm³/mol. The van der Waals surface area contributed by atoms with Crippen LogP contribution in [0.5, 0.6) is 0 Å². The summed E-state index contributed by atoms with van der Waals surface area (Å²) in [5.74, 6) is -1.01. The molecule has 0 aliphatic carbocycles.